The molecule has 0 spiro atoms. The highest BCUT2D eigenvalue weighted by Gasteiger charge is 2.42. The van der Waals surface area contributed by atoms with Crippen LogP contribution in [0.4, 0.5) is 5.69 Å². The summed E-state index contributed by atoms with van der Waals surface area (Å²) in [6, 6.07) is 15.4. The lowest BCUT2D eigenvalue weighted by molar-refractivity contribution is -0.401. The maximum atomic E-state index is 4.91. The highest BCUT2D eigenvalue weighted by atomic mass is 35.5. The molecule has 152 valence electrons. The Labute approximate surface area is 184 Å². The van der Waals surface area contributed by atoms with Gasteiger partial charge in [-0.25, -0.2) is 4.99 Å². The molecule has 2 nitrogen and oxygen atoms in total. The van der Waals surface area contributed by atoms with Crippen molar-refractivity contribution in [3.8, 4) is 0 Å². The van der Waals surface area contributed by atoms with Crippen molar-refractivity contribution < 1.29 is 17.0 Å². The van der Waals surface area contributed by atoms with Crippen LogP contribution in [0.5, 0.6) is 0 Å². The minimum absolute atomic E-state index is 0. The zero-order valence-corrected chi connectivity index (χ0v) is 18.7. The molecule has 2 heterocycles. The third-order valence-electron chi connectivity index (χ3n) is 6.61. The van der Waals surface area contributed by atoms with E-state index in [2.05, 4.69) is 105 Å². The molecule has 0 radical (unpaired) electrons. The lowest BCUT2D eigenvalue weighted by atomic mass is 9.81. The van der Waals surface area contributed by atoms with Gasteiger partial charge in [0.25, 0.3) is 0 Å². The minimum Gasteiger partial charge on any atom is -1.00 e. The van der Waals surface area contributed by atoms with Crippen molar-refractivity contribution in [2.45, 2.75) is 32.6 Å². The van der Waals surface area contributed by atoms with Crippen molar-refractivity contribution in [2.75, 3.05) is 7.05 Å². The number of fused-ring (bicyclic) bond motifs is 3. The van der Waals surface area contributed by atoms with Gasteiger partial charge < -0.3 is 12.4 Å². The Morgan fingerprint density at radius 3 is 2.67 bits per heavy atom. The second kappa shape index (κ2) is 7.52. The van der Waals surface area contributed by atoms with Crippen LogP contribution in [-0.4, -0.2) is 17.3 Å². The Bertz CT molecular complexity index is 1270. The zero-order chi connectivity index (χ0) is 20.2. The van der Waals surface area contributed by atoms with Crippen LogP contribution in [0.3, 0.4) is 0 Å². The Hall–Kier alpha value is -2.71. The minimum atomic E-state index is -0.00142. The SMILES string of the molecule is CCC1C=CC=C2N=c3cc(C=CC4=[N+](C)c5ccccc5C4(C)C)ccc3=C21.[Cl-]. The molecule has 3 heteroatoms. The summed E-state index contributed by atoms with van der Waals surface area (Å²) in [4.78, 5) is 4.91. The second-order valence-corrected chi connectivity index (χ2v) is 8.67. The summed E-state index contributed by atoms with van der Waals surface area (Å²) >= 11 is 0. The predicted octanol–water partition coefficient (Wildman–Crippen LogP) is 1.67. The summed E-state index contributed by atoms with van der Waals surface area (Å²) in [5.74, 6) is 0.475. The molecule has 0 saturated carbocycles. The van der Waals surface area contributed by atoms with E-state index in [1.54, 1.807) is 0 Å². The summed E-state index contributed by atoms with van der Waals surface area (Å²) in [5, 5.41) is 2.39. The molecule has 2 aromatic rings. The van der Waals surface area contributed by atoms with Crippen LogP contribution in [0.2, 0.25) is 0 Å². The quantitative estimate of drug-likeness (QED) is 0.679. The molecule has 0 N–H and O–H groups in total. The van der Waals surface area contributed by atoms with Crippen LogP contribution in [0.25, 0.3) is 11.6 Å². The maximum absolute atomic E-state index is 4.91. The molecule has 0 bridgehead atoms. The average molecular weight is 415 g/mol. The smallest absolute Gasteiger partial charge is 0.209 e. The van der Waals surface area contributed by atoms with Crippen LogP contribution < -0.4 is 23.0 Å². The zero-order valence-electron chi connectivity index (χ0n) is 18.0. The third kappa shape index (κ3) is 3.02. The molecular formula is C27H27ClN2. The number of nitrogens with zero attached hydrogens (tertiary/aromatic N) is 2. The first kappa shape index (κ1) is 20.6. The summed E-state index contributed by atoms with van der Waals surface area (Å²) in [7, 11) is 2.16. The molecule has 0 aromatic heterocycles. The lowest BCUT2D eigenvalue weighted by Gasteiger charge is -2.16. The second-order valence-electron chi connectivity index (χ2n) is 8.67. The largest absolute Gasteiger partial charge is 1.00 e. The number of hydrogen-bond donors (Lipinski definition) is 0. The first-order chi connectivity index (χ1) is 14.0. The van der Waals surface area contributed by atoms with Gasteiger partial charge in [-0.05, 0) is 49.6 Å². The van der Waals surface area contributed by atoms with E-state index in [-0.39, 0.29) is 17.8 Å². The fourth-order valence-electron chi connectivity index (χ4n) is 5.01. The molecule has 2 aliphatic heterocycles. The normalized spacial score (nSPS) is 20.5. The highest BCUT2D eigenvalue weighted by molar-refractivity contribution is 6.05. The lowest BCUT2D eigenvalue weighted by Crippen LogP contribution is -3.00. The molecule has 0 amide bonds. The van der Waals surface area contributed by atoms with E-state index in [1.165, 1.54) is 33.3 Å². The number of benzene rings is 2. The topological polar surface area (TPSA) is 15.4 Å². The van der Waals surface area contributed by atoms with Gasteiger partial charge >= 0.3 is 0 Å². The number of halogens is 1. The Kier molecular flexibility index (Phi) is 5.15. The van der Waals surface area contributed by atoms with Gasteiger partial charge in [0.15, 0.2) is 5.71 Å². The van der Waals surface area contributed by atoms with Crippen molar-refractivity contribution in [3.63, 3.8) is 0 Å². The molecule has 0 fully saturated rings. The van der Waals surface area contributed by atoms with Crippen molar-refractivity contribution in [2.24, 2.45) is 10.9 Å². The Balaban J connectivity index is 0.00000218. The first-order valence-corrected chi connectivity index (χ1v) is 10.5. The first-order valence-electron chi connectivity index (χ1n) is 10.5. The van der Waals surface area contributed by atoms with E-state index in [1.807, 2.05) is 0 Å². The molecule has 5 rings (SSSR count). The van der Waals surface area contributed by atoms with Crippen LogP contribution in [-0.2, 0) is 5.41 Å². The monoisotopic (exact) mass is 414 g/mol. The molecule has 3 aliphatic rings. The highest BCUT2D eigenvalue weighted by Crippen LogP contribution is 2.39. The van der Waals surface area contributed by atoms with Gasteiger partial charge in [-0.1, -0.05) is 49.4 Å². The van der Waals surface area contributed by atoms with Crippen LogP contribution in [0.1, 0.15) is 38.3 Å². The third-order valence-corrected chi connectivity index (χ3v) is 6.61. The van der Waals surface area contributed by atoms with E-state index in [0.717, 1.165) is 17.5 Å². The maximum Gasteiger partial charge on any atom is 0.209 e. The van der Waals surface area contributed by atoms with Crippen LogP contribution in [0, 0.1) is 5.92 Å². The van der Waals surface area contributed by atoms with E-state index >= 15 is 0 Å². The summed E-state index contributed by atoms with van der Waals surface area (Å²) < 4.78 is 2.32. The van der Waals surface area contributed by atoms with Crippen molar-refractivity contribution in [3.05, 3.63) is 94.2 Å². The fraction of sp³-hybridized carbons (Fsp3) is 0.259. The van der Waals surface area contributed by atoms with Gasteiger partial charge in [0.05, 0.1) is 16.5 Å². The van der Waals surface area contributed by atoms with Gasteiger partial charge in [0.1, 0.15) is 7.05 Å². The summed E-state index contributed by atoms with van der Waals surface area (Å²) in [6.45, 7) is 6.85. The average Bonchev–Trinajstić information content (AvgIpc) is 3.19. The van der Waals surface area contributed by atoms with Gasteiger partial charge in [-0.2, -0.15) is 4.58 Å². The molecular weight excluding hydrogens is 388 g/mol. The molecule has 0 saturated heterocycles. The standard InChI is InChI=1S/C27H27N2.ClH/c1-5-19-9-8-11-22-26(19)20-15-13-18(17-23(20)28-22)14-16-25-27(2,3)21-10-6-7-12-24(21)29(25)4;/h6-17,19H,5H2,1-4H3;1H/q+1;/p-1. The van der Waals surface area contributed by atoms with Crippen molar-refractivity contribution in [1.29, 1.82) is 0 Å². The summed E-state index contributed by atoms with van der Waals surface area (Å²) in [5.41, 5.74) is 7.72. The van der Waals surface area contributed by atoms with E-state index in [4.69, 9.17) is 4.99 Å². The van der Waals surface area contributed by atoms with E-state index < -0.39 is 0 Å². The number of para-hydroxylation sites is 1. The number of hydrogen-bond acceptors (Lipinski definition) is 1. The molecule has 30 heavy (non-hydrogen) atoms. The van der Waals surface area contributed by atoms with Gasteiger partial charge in [-0.3, -0.25) is 0 Å². The van der Waals surface area contributed by atoms with Gasteiger partial charge in [0.2, 0.25) is 5.69 Å². The molecule has 1 atom stereocenters. The number of rotatable bonds is 3. The van der Waals surface area contributed by atoms with E-state index in [9.17, 15) is 0 Å². The fourth-order valence-corrected chi connectivity index (χ4v) is 5.01. The van der Waals surface area contributed by atoms with E-state index in [0.29, 0.717) is 5.92 Å². The van der Waals surface area contributed by atoms with Crippen LogP contribution in [0.15, 0.2) is 77.5 Å². The molecule has 1 unspecified atom stereocenters. The van der Waals surface area contributed by atoms with Crippen molar-refractivity contribution in [1.82, 2.24) is 0 Å². The predicted molar refractivity (Wildman–Crippen MR) is 121 cm³/mol. The Morgan fingerprint density at radius 2 is 1.90 bits per heavy atom. The van der Waals surface area contributed by atoms with Gasteiger partial charge in [-0.15, -0.1) is 0 Å². The molecule has 2 aromatic carbocycles. The van der Waals surface area contributed by atoms with Crippen LogP contribution >= 0.6 is 0 Å². The molecule has 1 aliphatic carbocycles. The van der Waals surface area contributed by atoms with Gasteiger partial charge in [0, 0.05) is 28.8 Å². The van der Waals surface area contributed by atoms with Crippen molar-refractivity contribution >= 4 is 23.0 Å². The number of allylic oxidation sites excluding steroid dienone is 5. The summed E-state index contributed by atoms with van der Waals surface area (Å²) in [6.07, 6.45) is 12.2. The Morgan fingerprint density at radius 1 is 1.10 bits per heavy atom.